The molecule has 16 heavy (non-hydrogen) atoms. The predicted molar refractivity (Wildman–Crippen MR) is 62.7 cm³/mol. The van der Waals surface area contributed by atoms with Crippen molar-refractivity contribution in [3.63, 3.8) is 0 Å². The standard InChI is InChI=1S/C10H13BrN2O3/c1-15-9-3-2-8(11)4-7(9)5-16-6-10(14)13-12/h2-4H,5-6,12H2,1H3,(H,13,14). The van der Waals surface area contributed by atoms with Gasteiger partial charge in [-0.25, -0.2) is 5.84 Å². The molecule has 3 N–H and O–H groups in total. The zero-order valence-corrected chi connectivity index (χ0v) is 10.4. The van der Waals surface area contributed by atoms with Crippen molar-refractivity contribution in [3.05, 3.63) is 28.2 Å². The van der Waals surface area contributed by atoms with Crippen LogP contribution in [0.25, 0.3) is 0 Å². The topological polar surface area (TPSA) is 73.6 Å². The van der Waals surface area contributed by atoms with Gasteiger partial charge in [0, 0.05) is 10.0 Å². The second-order valence-corrected chi connectivity index (χ2v) is 3.93. The minimum absolute atomic E-state index is 0.0772. The van der Waals surface area contributed by atoms with E-state index >= 15 is 0 Å². The van der Waals surface area contributed by atoms with Crippen LogP contribution in [0.2, 0.25) is 0 Å². The first-order valence-corrected chi connectivity index (χ1v) is 5.36. The van der Waals surface area contributed by atoms with Gasteiger partial charge in [0.2, 0.25) is 0 Å². The highest BCUT2D eigenvalue weighted by Gasteiger charge is 2.05. The van der Waals surface area contributed by atoms with Gasteiger partial charge in [-0.1, -0.05) is 15.9 Å². The molecule has 88 valence electrons. The maximum Gasteiger partial charge on any atom is 0.259 e. The van der Waals surface area contributed by atoms with Gasteiger partial charge in [-0.2, -0.15) is 0 Å². The van der Waals surface area contributed by atoms with E-state index in [1.54, 1.807) is 7.11 Å². The SMILES string of the molecule is COc1ccc(Br)cc1COCC(=O)NN. The zero-order chi connectivity index (χ0) is 12.0. The molecular weight excluding hydrogens is 276 g/mol. The van der Waals surface area contributed by atoms with Crippen LogP contribution in [0.3, 0.4) is 0 Å². The molecule has 0 saturated heterocycles. The number of carbonyl (C=O) groups excluding carboxylic acids is 1. The van der Waals surface area contributed by atoms with E-state index in [4.69, 9.17) is 15.3 Å². The van der Waals surface area contributed by atoms with E-state index < -0.39 is 0 Å². The number of nitrogens with two attached hydrogens (primary N) is 1. The van der Waals surface area contributed by atoms with Gasteiger partial charge in [0.25, 0.3) is 5.91 Å². The van der Waals surface area contributed by atoms with Gasteiger partial charge in [-0.15, -0.1) is 0 Å². The number of ether oxygens (including phenoxy) is 2. The van der Waals surface area contributed by atoms with Crippen LogP contribution in [0, 0.1) is 0 Å². The smallest absolute Gasteiger partial charge is 0.259 e. The van der Waals surface area contributed by atoms with Crippen molar-refractivity contribution in [3.8, 4) is 5.75 Å². The molecule has 5 nitrogen and oxygen atoms in total. The van der Waals surface area contributed by atoms with Gasteiger partial charge in [0.1, 0.15) is 12.4 Å². The minimum atomic E-state index is -0.367. The maximum absolute atomic E-state index is 10.8. The predicted octanol–water partition coefficient (Wildman–Crippen LogP) is 0.964. The minimum Gasteiger partial charge on any atom is -0.496 e. The number of methoxy groups -OCH3 is 1. The van der Waals surface area contributed by atoms with Crippen LogP contribution >= 0.6 is 15.9 Å². The Morgan fingerprint density at radius 1 is 1.56 bits per heavy atom. The number of benzene rings is 1. The first kappa shape index (κ1) is 13.0. The van der Waals surface area contributed by atoms with Gasteiger partial charge in [-0.05, 0) is 18.2 Å². The van der Waals surface area contributed by atoms with Crippen LogP contribution in [0.4, 0.5) is 0 Å². The molecule has 0 aliphatic carbocycles. The average Bonchev–Trinajstić information content (AvgIpc) is 2.29. The van der Waals surface area contributed by atoms with E-state index in [0.29, 0.717) is 0 Å². The fourth-order valence-electron chi connectivity index (χ4n) is 1.16. The third-order valence-electron chi connectivity index (χ3n) is 1.89. The molecule has 0 aromatic heterocycles. The number of amides is 1. The molecule has 0 fully saturated rings. The molecule has 0 atom stereocenters. The van der Waals surface area contributed by atoms with E-state index in [1.807, 2.05) is 23.6 Å². The molecule has 0 spiro atoms. The highest BCUT2D eigenvalue weighted by molar-refractivity contribution is 9.10. The van der Waals surface area contributed by atoms with Gasteiger partial charge < -0.3 is 9.47 Å². The zero-order valence-electron chi connectivity index (χ0n) is 8.83. The first-order valence-electron chi connectivity index (χ1n) is 4.57. The number of carbonyl (C=O) groups is 1. The summed E-state index contributed by atoms with van der Waals surface area (Å²) in [6.07, 6.45) is 0. The molecule has 0 unspecified atom stereocenters. The Labute approximate surface area is 102 Å². The lowest BCUT2D eigenvalue weighted by Crippen LogP contribution is -2.33. The quantitative estimate of drug-likeness (QED) is 0.481. The first-order chi connectivity index (χ1) is 7.67. The van der Waals surface area contributed by atoms with Crippen LogP contribution in [-0.4, -0.2) is 19.6 Å². The summed E-state index contributed by atoms with van der Waals surface area (Å²) in [7, 11) is 1.58. The molecule has 6 heteroatoms. The summed E-state index contributed by atoms with van der Waals surface area (Å²) in [6.45, 7) is 0.211. The Kier molecular flexibility index (Phi) is 5.24. The molecule has 0 heterocycles. The largest absolute Gasteiger partial charge is 0.496 e. The molecule has 0 aliphatic rings. The van der Waals surface area contributed by atoms with Crippen LogP contribution in [0.15, 0.2) is 22.7 Å². The van der Waals surface area contributed by atoms with Gasteiger partial charge in [0.05, 0.1) is 13.7 Å². The summed E-state index contributed by atoms with van der Waals surface area (Å²) < 4.78 is 11.3. The normalized spacial score (nSPS) is 9.94. The van der Waals surface area contributed by atoms with Gasteiger partial charge in [0.15, 0.2) is 0 Å². The van der Waals surface area contributed by atoms with Crippen LogP contribution < -0.4 is 16.0 Å². The third-order valence-corrected chi connectivity index (χ3v) is 2.39. The van der Waals surface area contributed by atoms with Crippen LogP contribution in [0.5, 0.6) is 5.75 Å². The second kappa shape index (κ2) is 6.47. The lowest BCUT2D eigenvalue weighted by Gasteiger charge is -2.09. The van der Waals surface area contributed by atoms with Crippen LogP contribution in [-0.2, 0) is 16.1 Å². The molecular formula is C10H13BrN2O3. The molecule has 1 amide bonds. The maximum atomic E-state index is 10.8. The molecule has 0 radical (unpaired) electrons. The Balaban J connectivity index is 2.58. The van der Waals surface area contributed by atoms with E-state index in [-0.39, 0.29) is 19.1 Å². The lowest BCUT2D eigenvalue weighted by molar-refractivity contribution is -0.126. The van der Waals surface area contributed by atoms with E-state index in [9.17, 15) is 4.79 Å². The molecule has 0 bridgehead atoms. The van der Waals surface area contributed by atoms with Crippen LogP contribution in [0.1, 0.15) is 5.56 Å². The molecule has 0 saturated carbocycles. The number of nitrogens with one attached hydrogen (secondary N) is 1. The van der Waals surface area contributed by atoms with Crippen molar-refractivity contribution >= 4 is 21.8 Å². The Bertz CT molecular complexity index is 371. The summed E-state index contributed by atoms with van der Waals surface area (Å²) in [6, 6.07) is 5.57. The number of hydrogen-bond donors (Lipinski definition) is 2. The Morgan fingerprint density at radius 3 is 2.94 bits per heavy atom. The third kappa shape index (κ3) is 3.80. The monoisotopic (exact) mass is 288 g/mol. The van der Waals surface area contributed by atoms with Crippen molar-refractivity contribution in [1.29, 1.82) is 0 Å². The number of rotatable bonds is 5. The lowest BCUT2D eigenvalue weighted by atomic mass is 10.2. The van der Waals surface area contributed by atoms with E-state index in [1.165, 1.54) is 0 Å². The summed E-state index contributed by atoms with van der Waals surface area (Å²) in [5, 5.41) is 0. The van der Waals surface area contributed by atoms with Gasteiger partial charge >= 0.3 is 0 Å². The molecule has 1 aromatic carbocycles. The van der Waals surface area contributed by atoms with E-state index in [2.05, 4.69) is 15.9 Å². The summed E-state index contributed by atoms with van der Waals surface area (Å²) in [5.41, 5.74) is 2.85. The van der Waals surface area contributed by atoms with Crippen molar-refractivity contribution in [2.75, 3.05) is 13.7 Å². The number of halogens is 1. The Morgan fingerprint density at radius 2 is 2.31 bits per heavy atom. The molecule has 0 aliphatic heterocycles. The highest BCUT2D eigenvalue weighted by atomic mass is 79.9. The second-order valence-electron chi connectivity index (χ2n) is 3.02. The van der Waals surface area contributed by atoms with Gasteiger partial charge in [-0.3, -0.25) is 10.2 Å². The molecule has 1 rings (SSSR count). The van der Waals surface area contributed by atoms with E-state index in [0.717, 1.165) is 15.8 Å². The van der Waals surface area contributed by atoms with Crippen molar-refractivity contribution in [2.24, 2.45) is 5.84 Å². The van der Waals surface area contributed by atoms with Crippen molar-refractivity contribution in [1.82, 2.24) is 5.43 Å². The number of hydrogen-bond acceptors (Lipinski definition) is 4. The highest BCUT2D eigenvalue weighted by Crippen LogP contribution is 2.23. The fourth-order valence-corrected chi connectivity index (χ4v) is 1.56. The van der Waals surface area contributed by atoms with Crippen molar-refractivity contribution < 1.29 is 14.3 Å². The summed E-state index contributed by atoms with van der Waals surface area (Å²) in [5.74, 6) is 5.27. The molecule has 1 aromatic rings. The number of hydrazine groups is 1. The summed E-state index contributed by atoms with van der Waals surface area (Å²) >= 11 is 3.35. The van der Waals surface area contributed by atoms with Crippen molar-refractivity contribution in [2.45, 2.75) is 6.61 Å². The Hall–Kier alpha value is -1.11. The fraction of sp³-hybridized carbons (Fsp3) is 0.300. The average molecular weight is 289 g/mol. The summed E-state index contributed by atoms with van der Waals surface area (Å²) in [4.78, 5) is 10.8.